The van der Waals surface area contributed by atoms with Crippen LogP contribution in [0.1, 0.15) is 39.0 Å². The zero-order valence-corrected chi connectivity index (χ0v) is 8.43. The van der Waals surface area contributed by atoms with E-state index in [4.69, 9.17) is 0 Å². The Bertz CT molecular complexity index is 269. The summed E-state index contributed by atoms with van der Waals surface area (Å²) < 4.78 is 0. The molecular weight excluding hydrogens is 180 g/mol. The topological polar surface area (TPSA) is 58.2 Å². The van der Waals surface area contributed by atoms with Crippen LogP contribution < -0.4 is 10.6 Å². The molecule has 2 N–H and O–H groups in total. The average molecular weight is 196 g/mol. The third-order valence-electron chi connectivity index (χ3n) is 3.47. The van der Waals surface area contributed by atoms with Crippen LogP contribution in [0.15, 0.2) is 0 Å². The Morgan fingerprint density at radius 1 is 1.21 bits per heavy atom. The van der Waals surface area contributed by atoms with Gasteiger partial charge in [0.1, 0.15) is 6.04 Å². The number of hydrogen-bond donors (Lipinski definition) is 2. The summed E-state index contributed by atoms with van der Waals surface area (Å²) in [6, 6.07) is -0.651. The largest absolute Gasteiger partial charge is 0.325 e. The third kappa shape index (κ3) is 1.49. The lowest BCUT2D eigenvalue weighted by Crippen LogP contribution is -2.45. The van der Waals surface area contributed by atoms with E-state index < -0.39 is 0 Å². The normalized spacial score (nSPS) is 31.1. The fourth-order valence-corrected chi connectivity index (χ4v) is 2.56. The molecule has 2 fully saturated rings. The van der Waals surface area contributed by atoms with Crippen molar-refractivity contribution < 1.29 is 9.59 Å². The molecule has 2 rings (SSSR count). The lowest BCUT2D eigenvalue weighted by atomic mass is 9.70. The molecule has 0 aromatic carbocycles. The van der Waals surface area contributed by atoms with Crippen molar-refractivity contribution in [3.63, 3.8) is 0 Å². The van der Waals surface area contributed by atoms with Gasteiger partial charge in [-0.15, -0.1) is 0 Å². The van der Waals surface area contributed by atoms with Crippen LogP contribution in [0, 0.1) is 5.41 Å². The predicted octanol–water partition coefficient (Wildman–Crippen LogP) is 1.16. The van der Waals surface area contributed by atoms with Crippen molar-refractivity contribution >= 4 is 11.9 Å². The summed E-state index contributed by atoms with van der Waals surface area (Å²) >= 11 is 0. The van der Waals surface area contributed by atoms with E-state index in [2.05, 4.69) is 17.6 Å². The van der Waals surface area contributed by atoms with Crippen LogP contribution in [0.2, 0.25) is 0 Å². The first kappa shape index (κ1) is 9.49. The van der Waals surface area contributed by atoms with Crippen LogP contribution in [-0.2, 0) is 4.79 Å². The molecule has 78 valence electrons. The molecule has 14 heavy (non-hydrogen) atoms. The zero-order valence-electron chi connectivity index (χ0n) is 8.43. The molecule has 4 heteroatoms. The SMILES string of the molecule is CC1([C@H]2NC(=O)NC2=O)CCCCC1. The summed E-state index contributed by atoms with van der Waals surface area (Å²) in [5.41, 5.74) is -0.0332. The number of nitrogens with one attached hydrogen (secondary N) is 2. The zero-order chi connectivity index (χ0) is 10.2. The molecule has 1 heterocycles. The second kappa shape index (κ2) is 3.26. The van der Waals surface area contributed by atoms with Crippen molar-refractivity contribution in [2.75, 3.05) is 0 Å². The van der Waals surface area contributed by atoms with Crippen molar-refractivity contribution in [3.8, 4) is 0 Å². The Morgan fingerprint density at radius 2 is 1.86 bits per heavy atom. The minimum absolute atomic E-state index is 0.0332. The summed E-state index contributed by atoms with van der Waals surface area (Å²) in [5, 5.41) is 5.01. The minimum atomic E-state index is -0.341. The second-order valence-corrected chi connectivity index (χ2v) is 4.61. The highest BCUT2D eigenvalue weighted by molar-refractivity contribution is 6.04. The van der Waals surface area contributed by atoms with Gasteiger partial charge in [0.2, 0.25) is 0 Å². The van der Waals surface area contributed by atoms with Gasteiger partial charge in [0.15, 0.2) is 0 Å². The molecule has 0 unspecified atom stereocenters. The van der Waals surface area contributed by atoms with Crippen LogP contribution in [0.5, 0.6) is 0 Å². The number of urea groups is 1. The Balaban J connectivity index is 2.12. The second-order valence-electron chi connectivity index (χ2n) is 4.61. The van der Waals surface area contributed by atoms with E-state index in [9.17, 15) is 9.59 Å². The Labute approximate surface area is 83.4 Å². The van der Waals surface area contributed by atoms with Gasteiger partial charge in [-0.1, -0.05) is 26.2 Å². The lowest BCUT2D eigenvalue weighted by Gasteiger charge is -2.36. The molecule has 3 amide bonds. The van der Waals surface area contributed by atoms with Crippen molar-refractivity contribution in [2.24, 2.45) is 5.41 Å². The fraction of sp³-hybridized carbons (Fsp3) is 0.800. The molecule has 0 aromatic heterocycles. The maximum Gasteiger partial charge on any atom is 0.322 e. The van der Waals surface area contributed by atoms with Crippen LogP contribution in [0.4, 0.5) is 4.79 Å². The molecule has 0 bridgehead atoms. The van der Waals surface area contributed by atoms with Gasteiger partial charge in [-0.05, 0) is 18.3 Å². The summed E-state index contributed by atoms with van der Waals surface area (Å²) in [4.78, 5) is 22.5. The van der Waals surface area contributed by atoms with E-state index >= 15 is 0 Å². The van der Waals surface area contributed by atoms with E-state index in [0.717, 1.165) is 25.7 Å². The number of rotatable bonds is 1. The van der Waals surface area contributed by atoms with Gasteiger partial charge in [0.05, 0.1) is 0 Å². The third-order valence-corrected chi connectivity index (χ3v) is 3.47. The van der Waals surface area contributed by atoms with Gasteiger partial charge in [0, 0.05) is 0 Å². The first-order valence-corrected chi connectivity index (χ1v) is 5.23. The van der Waals surface area contributed by atoms with Crippen LogP contribution in [-0.4, -0.2) is 18.0 Å². The smallest absolute Gasteiger partial charge is 0.322 e. The molecule has 1 saturated heterocycles. The Morgan fingerprint density at radius 3 is 2.36 bits per heavy atom. The number of hydrogen-bond acceptors (Lipinski definition) is 2. The van der Waals surface area contributed by atoms with E-state index in [1.807, 2.05) is 0 Å². The summed E-state index contributed by atoms with van der Waals surface area (Å²) in [5.74, 6) is -0.153. The molecule has 2 aliphatic rings. The number of carbonyl (C=O) groups excluding carboxylic acids is 2. The van der Waals surface area contributed by atoms with Gasteiger partial charge in [-0.25, -0.2) is 4.79 Å². The summed E-state index contributed by atoms with van der Waals surface area (Å²) in [6.07, 6.45) is 5.64. The number of amides is 3. The first-order valence-electron chi connectivity index (χ1n) is 5.23. The molecule has 1 atom stereocenters. The van der Waals surface area contributed by atoms with Crippen LogP contribution in [0.3, 0.4) is 0 Å². The lowest BCUT2D eigenvalue weighted by molar-refractivity contribution is -0.123. The predicted molar refractivity (Wildman–Crippen MR) is 51.7 cm³/mol. The standard InChI is InChI=1S/C10H16N2O2/c1-10(5-3-2-4-6-10)7-8(13)12-9(14)11-7/h7H,2-6H2,1H3,(H2,11,12,13,14)/t7-/m0/s1. The monoisotopic (exact) mass is 196 g/mol. The molecule has 0 aromatic rings. The van der Waals surface area contributed by atoms with Crippen LogP contribution in [0.25, 0.3) is 0 Å². The highest BCUT2D eigenvalue weighted by Gasteiger charge is 2.44. The van der Waals surface area contributed by atoms with E-state index in [-0.39, 0.29) is 23.4 Å². The molecule has 1 aliphatic carbocycles. The molecule has 4 nitrogen and oxygen atoms in total. The summed E-state index contributed by atoms with van der Waals surface area (Å²) in [7, 11) is 0. The average Bonchev–Trinajstić information content (AvgIpc) is 2.47. The molecule has 1 aliphatic heterocycles. The van der Waals surface area contributed by atoms with Crippen molar-refractivity contribution in [1.29, 1.82) is 0 Å². The number of imide groups is 1. The van der Waals surface area contributed by atoms with Crippen molar-refractivity contribution in [3.05, 3.63) is 0 Å². The number of carbonyl (C=O) groups is 2. The van der Waals surface area contributed by atoms with E-state index in [1.165, 1.54) is 6.42 Å². The van der Waals surface area contributed by atoms with Gasteiger partial charge in [-0.2, -0.15) is 0 Å². The first-order chi connectivity index (χ1) is 6.62. The van der Waals surface area contributed by atoms with Gasteiger partial charge in [0.25, 0.3) is 5.91 Å². The van der Waals surface area contributed by atoms with Gasteiger partial charge < -0.3 is 5.32 Å². The highest BCUT2D eigenvalue weighted by atomic mass is 16.2. The van der Waals surface area contributed by atoms with E-state index in [0.29, 0.717) is 0 Å². The molecule has 1 saturated carbocycles. The Hall–Kier alpha value is -1.06. The van der Waals surface area contributed by atoms with Gasteiger partial charge >= 0.3 is 6.03 Å². The van der Waals surface area contributed by atoms with E-state index in [1.54, 1.807) is 0 Å². The molecular formula is C10H16N2O2. The van der Waals surface area contributed by atoms with Crippen molar-refractivity contribution in [2.45, 2.75) is 45.1 Å². The fourth-order valence-electron chi connectivity index (χ4n) is 2.56. The molecule has 0 radical (unpaired) electrons. The quantitative estimate of drug-likeness (QED) is 0.618. The highest BCUT2D eigenvalue weighted by Crippen LogP contribution is 2.39. The minimum Gasteiger partial charge on any atom is -0.325 e. The maximum atomic E-state index is 11.5. The van der Waals surface area contributed by atoms with Gasteiger partial charge in [-0.3, -0.25) is 10.1 Å². The van der Waals surface area contributed by atoms with Crippen molar-refractivity contribution in [1.82, 2.24) is 10.6 Å². The Kier molecular flexibility index (Phi) is 2.21. The van der Waals surface area contributed by atoms with Crippen LogP contribution >= 0.6 is 0 Å². The maximum absolute atomic E-state index is 11.5. The summed E-state index contributed by atoms with van der Waals surface area (Å²) in [6.45, 7) is 2.10. The molecule has 0 spiro atoms.